The van der Waals surface area contributed by atoms with Gasteiger partial charge in [-0.3, -0.25) is 5.32 Å². The number of carbonyl (C=O) groups is 1. The van der Waals surface area contributed by atoms with Gasteiger partial charge in [-0.2, -0.15) is 0 Å². The molecular weight excluding hydrogens is 256 g/mol. The molecule has 0 bridgehead atoms. The van der Waals surface area contributed by atoms with E-state index in [1.165, 1.54) is 12.7 Å². The summed E-state index contributed by atoms with van der Waals surface area (Å²) in [6.07, 6.45) is 0.883. The fraction of sp³-hybridized carbons (Fsp3) is 0.400. The number of esters is 1. The van der Waals surface area contributed by atoms with Crippen LogP contribution in [0.1, 0.15) is 18.2 Å². The molecule has 5 heteroatoms. The minimum atomic E-state index is -0.825. The third-order valence-corrected chi connectivity index (χ3v) is 4.06. The van der Waals surface area contributed by atoms with Crippen molar-refractivity contribution in [2.45, 2.75) is 18.9 Å². The lowest BCUT2D eigenvalue weighted by atomic mass is 9.88. The second-order valence-corrected chi connectivity index (χ2v) is 5.18. The fourth-order valence-corrected chi connectivity index (χ4v) is 2.95. The van der Waals surface area contributed by atoms with Crippen LogP contribution < -0.4 is 10.1 Å². The predicted octanol–water partition coefficient (Wildman–Crippen LogP) is 1.71. The highest BCUT2D eigenvalue weighted by molar-refractivity contribution is 5.91. The summed E-state index contributed by atoms with van der Waals surface area (Å²) >= 11 is 0. The number of methoxy groups -OCH3 is 2. The number of carbonyl (C=O) groups excluding carboxylic acids is 1. The van der Waals surface area contributed by atoms with Gasteiger partial charge < -0.3 is 14.5 Å². The van der Waals surface area contributed by atoms with Crippen molar-refractivity contribution in [1.29, 1.82) is 0 Å². The molecule has 2 aromatic rings. The van der Waals surface area contributed by atoms with E-state index >= 15 is 0 Å². The summed E-state index contributed by atoms with van der Waals surface area (Å²) in [5, 5.41) is 4.39. The summed E-state index contributed by atoms with van der Waals surface area (Å²) in [7, 11) is 3.05. The fourth-order valence-electron chi connectivity index (χ4n) is 2.95. The second kappa shape index (κ2) is 4.52. The van der Waals surface area contributed by atoms with Crippen molar-refractivity contribution in [3.63, 3.8) is 0 Å². The second-order valence-electron chi connectivity index (χ2n) is 5.18. The van der Waals surface area contributed by atoms with Gasteiger partial charge in [-0.25, -0.2) is 4.79 Å². The van der Waals surface area contributed by atoms with Crippen LogP contribution in [0.25, 0.3) is 10.9 Å². The lowest BCUT2D eigenvalue weighted by Gasteiger charge is -2.32. The first-order valence-electron chi connectivity index (χ1n) is 6.62. The van der Waals surface area contributed by atoms with Crippen molar-refractivity contribution in [3.8, 4) is 5.75 Å². The number of benzene rings is 1. The Hall–Kier alpha value is -2.01. The molecule has 5 nitrogen and oxygen atoms in total. The third kappa shape index (κ3) is 1.70. The van der Waals surface area contributed by atoms with E-state index in [0.717, 1.165) is 35.3 Å². The zero-order chi connectivity index (χ0) is 14.3. The Bertz CT molecular complexity index is 677. The van der Waals surface area contributed by atoms with Gasteiger partial charge in [0.2, 0.25) is 0 Å². The molecule has 3 rings (SSSR count). The minimum Gasteiger partial charge on any atom is -0.497 e. The average molecular weight is 274 g/mol. The Labute approximate surface area is 117 Å². The van der Waals surface area contributed by atoms with Gasteiger partial charge >= 0.3 is 5.97 Å². The molecule has 106 valence electrons. The largest absolute Gasteiger partial charge is 0.497 e. The summed E-state index contributed by atoms with van der Waals surface area (Å²) in [4.78, 5) is 15.5. The maximum atomic E-state index is 12.1. The van der Waals surface area contributed by atoms with Crippen molar-refractivity contribution in [1.82, 2.24) is 10.3 Å². The molecule has 0 saturated carbocycles. The van der Waals surface area contributed by atoms with E-state index in [-0.39, 0.29) is 5.97 Å². The van der Waals surface area contributed by atoms with Gasteiger partial charge in [0.15, 0.2) is 5.54 Å². The van der Waals surface area contributed by atoms with Gasteiger partial charge in [0.1, 0.15) is 5.75 Å². The number of ether oxygens (including phenoxy) is 2. The number of fused-ring (bicyclic) bond motifs is 3. The van der Waals surface area contributed by atoms with E-state index in [9.17, 15) is 4.79 Å². The van der Waals surface area contributed by atoms with E-state index in [2.05, 4.69) is 10.3 Å². The van der Waals surface area contributed by atoms with Crippen LogP contribution in [0, 0.1) is 0 Å². The van der Waals surface area contributed by atoms with E-state index < -0.39 is 5.54 Å². The number of hydrogen-bond donors (Lipinski definition) is 2. The topological polar surface area (TPSA) is 63.3 Å². The monoisotopic (exact) mass is 274 g/mol. The standard InChI is InChI=1S/C15H18N2O3/c1-15(14(18)20-3)13-11(6-7-16-15)10-5-4-9(19-2)8-12(10)17-13/h4-5,8,16-17H,6-7H2,1-3H3. The SMILES string of the molecule is COC(=O)C1(C)NCCc2c1[nH]c1cc(OC)ccc21. The smallest absolute Gasteiger partial charge is 0.331 e. The quantitative estimate of drug-likeness (QED) is 0.818. The van der Waals surface area contributed by atoms with Crippen molar-refractivity contribution < 1.29 is 14.3 Å². The molecule has 20 heavy (non-hydrogen) atoms. The molecule has 1 aliphatic rings. The van der Waals surface area contributed by atoms with Gasteiger partial charge in [-0.1, -0.05) is 0 Å². The highest BCUT2D eigenvalue weighted by atomic mass is 16.5. The van der Waals surface area contributed by atoms with Gasteiger partial charge in [0.25, 0.3) is 0 Å². The van der Waals surface area contributed by atoms with Crippen LogP contribution in [0.3, 0.4) is 0 Å². The van der Waals surface area contributed by atoms with Crippen LogP contribution in [-0.2, 0) is 21.5 Å². The summed E-state index contributed by atoms with van der Waals surface area (Å²) in [6, 6.07) is 5.92. The molecule has 0 spiro atoms. The predicted molar refractivity (Wildman–Crippen MR) is 75.9 cm³/mol. The Balaban J connectivity index is 2.21. The average Bonchev–Trinajstić information content (AvgIpc) is 2.85. The number of rotatable bonds is 2. The first-order chi connectivity index (χ1) is 9.60. The molecule has 0 fully saturated rings. The summed E-state index contributed by atoms with van der Waals surface area (Å²) in [6.45, 7) is 2.60. The van der Waals surface area contributed by atoms with Gasteiger partial charge in [-0.05, 0) is 31.0 Å². The van der Waals surface area contributed by atoms with Crippen LogP contribution in [0.15, 0.2) is 18.2 Å². The highest BCUT2D eigenvalue weighted by Crippen LogP contribution is 2.35. The highest BCUT2D eigenvalue weighted by Gasteiger charge is 2.42. The van der Waals surface area contributed by atoms with Gasteiger partial charge in [0.05, 0.1) is 19.9 Å². The molecule has 2 heterocycles. The number of H-pyrrole nitrogens is 1. The number of hydrogen-bond acceptors (Lipinski definition) is 4. The van der Waals surface area contributed by atoms with Crippen LogP contribution in [0.5, 0.6) is 5.75 Å². The summed E-state index contributed by atoms with van der Waals surface area (Å²) in [5.74, 6) is 0.515. The Morgan fingerprint density at radius 1 is 1.35 bits per heavy atom. The summed E-state index contributed by atoms with van der Waals surface area (Å²) < 4.78 is 10.2. The molecule has 0 amide bonds. The minimum absolute atomic E-state index is 0.281. The first-order valence-corrected chi connectivity index (χ1v) is 6.62. The Kier molecular flexibility index (Phi) is 2.94. The normalized spacial score (nSPS) is 21.6. The van der Waals surface area contributed by atoms with Crippen molar-refractivity contribution in [2.75, 3.05) is 20.8 Å². The Morgan fingerprint density at radius 2 is 2.15 bits per heavy atom. The maximum Gasteiger partial charge on any atom is 0.331 e. The summed E-state index contributed by atoms with van der Waals surface area (Å²) in [5.41, 5.74) is 2.22. The number of nitrogens with one attached hydrogen (secondary N) is 2. The van der Waals surface area contributed by atoms with Gasteiger partial charge in [-0.15, -0.1) is 0 Å². The molecule has 1 aromatic carbocycles. The van der Waals surface area contributed by atoms with Crippen LogP contribution in [0.2, 0.25) is 0 Å². The molecule has 0 saturated heterocycles. The van der Waals surface area contributed by atoms with Crippen molar-refractivity contribution in [3.05, 3.63) is 29.5 Å². The lowest BCUT2D eigenvalue weighted by Crippen LogP contribution is -2.51. The molecule has 0 aliphatic carbocycles. The van der Waals surface area contributed by atoms with Gasteiger partial charge in [0, 0.05) is 23.5 Å². The Morgan fingerprint density at radius 3 is 2.85 bits per heavy atom. The van der Waals surface area contributed by atoms with Crippen molar-refractivity contribution >= 4 is 16.9 Å². The van der Waals surface area contributed by atoms with Crippen LogP contribution in [-0.4, -0.2) is 31.7 Å². The van der Waals surface area contributed by atoms with E-state index in [1.807, 2.05) is 25.1 Å². The van der Waals surface area contributed by atoms with Crippen LogP contribution in [0.4, 0.5) is 0 Å². The zero-order valence-corrected chi connectivity index (χ0v) is 11.9. The molecule has 1 atom stereocenters. The lowest BCUT2D eigenvalue weighted by molar-refractivity contribution is -0.148. The number of aromatic nitrogens is 1. The third-order valence-electron chi connectivity index (χ3n) is 4.06. The molecule has 1 aliphatic heterocycles. The van der Waals surface area contributed by atoms with Crippen molar-refractivity contribution in [2.24, 2.45) is 0 Å². The molecule has 2 N–H and O–H groups in total. The molecule has 1 unspecified atom stereocenters. The first kappa shape index (κ1) is 13.0. The van der Waals surface area contributed by atoms with E-state index in [1.54, 1.807) is 7.11 Å². The molecule has 0 radical (unpaired) electrons. The zero-order valence-electron chi connectivity index (χ0n) is 11.9. The number of aromatic amines is 1. The molecule has 1 aromatic heterocycles. The maximum absolute atomic E-state index is 12.1. The van der Waals surface area contributed by atoms with E-state index in [0.29, 0.717) is 0 Å². The molecular formula is C15H18N2O3. The van der Waals surface area contributed by atoms with E-state index in [4.69, 9.17) is 9.47 Å². The van der Waals surface area contributed by atoms with Crippen LogP contribution >= 0.6 is 0 Å².